The first kappa shape index (κ1) is 10.6. The van der Waals surface area contributed by atoms with Gasteiger partial charge < -0.3 is 10.1 Å². The third-order valence-corrected chi connectivity index (χ3v) is 3.47. The number of fused-ring (bicyclic) bond motifs is 1. The molecule has 2 saturated heterocycles. The largest absolute Gasteiger partial charge is 0.444 e. The summed E-state index contributed by atoms with van der Waals surface area (Å²) in [7, 11) is 0. The van der Waals surface area contributed by atoms with E-state index in [0.717, 1.165) is 25.1 Å². The number of nitrogens with one attached hydrogen (secondary N) is 1. The number of amides is 1. The van der Waals surface area contributed by atoms with E-state index in [1.165, 1.54) is 0 Å². The summed E-state index contributed by atoms with van der Waals surface area (Å²) in [5, 5.41) is 3.32. The Kier molecular flexibility index (Phi) is 2.73. The fourth-order valence-corrected chi connectivity index (χ4v) is 2.56. The first-order valence-electron chi connectivity index (χ1n) is 6.06. The van der Waals surface area contributed by atoms with Crippen molar-refractivity contribution in [2.24, 2.45) is 0 Å². The second-order valence-electron chi connectivity index (χ2n) is 4.60. The summed E-state index contributed by atoms with van der Waals surface area (Å²) in [6.45, 7) is 2.42. The van der Waals surface area contributed by atoms with Gasteiger partial charge in [-0.2, -0.15) is 0 Å². The van der Waals surface area contributed by atoms with Gasteiger partial charge in [0, 0.05) is 13.1 Å². The third kappa shape index (κ3) is 2.00. The molecule has 0 radical (unpaired) electrons. The van der Waals surface area contributed by atoms with Crippen LogP contribution in [-0.2, 0) is 11.3 Å². The lowest BCUT2D eigenvalue weighted by Gasteiger charge is -2.28. The Morgan fingerprint density at radius 1 is 1.35 bits per heavy atom. The van der Waals surface area contributed by atoms with E-state index in [-0.39, 0.29) is 18.2 Å². The van der Waals surface area contributed by atoms with Crippen LogP contribution in [0.2, 0.25) is 0 Å². The molecule has 1 aromatic rings. The average molecular weight is 232 g/mol. The fraction of sp³-hybridized carbons (Fsp3) is 0.462. The van der Waals surface area contributed by atoms with Crippen molar-refractivity contribution in [2.45, 2.75) is 25.1 Å². The molecule has 17 heavy (non-hydrogen) atoms. The van der Waals surface area contributed by atoms with Gasteiger partial charge in [-0.15, -0.1) is 0 Å². The normalized spacial score (nSPS) is 27.8. The van der Waals surface area contributed by atoms with E-state index < -0.39 is 0 Å². The summed E-state index contributed by atoms with van der Waals surface area (Å²) < 4.78 is 5.40. The maximum Gasteiger partial charge on any atom is 0.410 e. The van der Waals surface area contributed by atoms with Crippen LogP contribution in [0.15, 0.2) is 30.3 Å². The van der Waals surface area contributed by atoms with Gasteiger partial charge in [0.15, 0.2) is 0 Å². The van der Waals surface area contributed by atoms with Crippen molar-refractivity contribution in [3.8, 4) is 0 Å². The molecular weight excluding hydrogens is 216 g/mol. The van der Waals surface area contributed by atoms with Crippen LogP contribution >= 0.6 is 0 Å². The zero-order valence-electron chi connectivity index (χ0n) is 9.63. The van der Waals surface area contributed by atoms with Gasteiger partial charge in [-0.25, -0.2) is 4.79 Å². The lowest BCUT2D eigenvalue weighted by molar-refractivity contribution is 0.117. The van der Waals surface area contributed by atoms with Crippen LogP contribution in [0, 0.1) is 0 Å². The number of piperidine rings is 1. The number of rotatable bonds is 2. The molecule has 0 aromatic heterocycles. The maximum atomic E-state index is 11.8. The van der Waals surface area contributed by atoms with Crippen molar-refractivity contribution in [1.29, 1.82) is 0 Å². The number of ether oxygens (including phenoxy) is 1. The molecule has 90 valence electrons. The minimum atomic E-state index is -0.174. The summed E-state index contributed by atoms with van der Waals surface area (Å²) in [5.74, 6) is 0. The molecule has 1 N–H and O–H groups in total. The van der Waals surface area contributed by atoms with Gasteiger partial charge in [-0.3, -0.25) is 4.90 Å². The van der Waals surface area contributed by atoms with E-state index in [0.29, 0.717) is 6.54 Å². The number of nitrogens with zero attached hydrogens (tertiary/aromatic N) is 1. The first-order valence-corrected chi connectivity index (χ1v) is 6.06. The smallest absolute Gasteiger partial charge is 0.410 e. The molecule has 2 aliphatic heterocycles. The van der Waals surface area contributed by atoms with E-state index in [2.05, 4.69) is 5.32 Å². The molecule has 2 atom stereocenters. The maximum absolute atomic E-state index is 11.8. The zero-order chi connectivity index (χ0) is 11.7. The highest BCUT2D eigenvalue weighted by Crippen LogP contribution is 2.25. The second kappa shape index (κ2) is 4.37. The molecule has 2 heterocycles. The van der Waals surface area contributed by atoms with E-state index in [1.807, 2.05) is 35.2 Å². The van der Waals surface area contributed by atoms with Gasteiger partial charge >= 0.3 is 6.09 Å². The zero-order valence-corrected chi connectivity index (χ0v) is 9.63. The van der Waals surface area contributed by atoms with Crippen LogP contribution in [0.25, 0.3) is 0 Å². The van der Waals surface area contributed by atoms with Crippen molar-refractivity contribution < 1.29 is 9.53 Å². The minimum Gasteiger partial charge on any atom is -0.444 e. The minimum absolute atomic E-state index is 0.0764. The van der Waals surface area contributed by atoms with Gasteiger partial charge in [0.2, 0.25) is 0 Å². The number of carbonyl (C=O) groups excluding carboxylic acids is 1. The Labute approximate surface area is 101 Å². The molecule has 2 aliphatic rings. The molecule has 4 heteroatoms. The summed E-state index contributed by atoms with van der Waals surface area (Å²) in [5.41, 5.74) is 1.15. The molecule has 0 spiro atoms. The molecule has 4 nitrogen and oxygen atoms in total. The van der Waals surface area contributed by atoms with E-state index in [9.17, 15) is 4.79 Å². The van der Waals surface area contributed by atoms with E-state index >= 15 is 0 Å². The Morgan fingerprint density at radius 3 is 3.00 bits per heavy atom. The molecule has 0 aliphatic carbocycles. The van der Waals surface area contributed by atoms with E-state index in [1.54, 1.807) is 0 Å². The predicted molar refractivity (Wildman–Crippen MR) is 63.5 cm³/mol. The van der Waals surface area contributed by atoms with Crippen molar-refractivity contribution in [1.82, 2.24) is 10.2 Å². The van der Waals surface area contributed by atoms with Crippen molar-refractivity contribution >= 4 is 6.09 Å². The molecule has 2 unspecified atom stereocenters. The molecular formula is C13H16N2O2. The Hall–Kier alpha value is -1.55. The molecule has 2 fully saturated rings. The van der Waals surface area contributed by atoms with Crippen LogP contribution in [0.4, 0.5) is 4.79 Å². The number of hydrogen-bond acceptors (Lipinski definition) is 3. The SMILES string of the molecule is O=C1OC2CCNCC2N1Cc1ccccc1. The van der Waals surface area contributed by atoms with Gasteiger partial charge in [0.25, 0.3) is 0 Å². The Balaban J connectivity index is 1.76. The monoisotopic (exact) mass is 232 g/mol. The van der Waals surface area contributed by atoms with Crippen LogP contribution < -0.4 is 5.32 Å². The van der Waals surface area contributed by atoms with E-state index in [4.69, 9.17) is 4.74 Å². The van der Waals surface area contributed by atoms with Crippen molar-refractivity contribution in [3.05, 3.63) is 35.9 Å². The van der Waals surface area contributed by atoms with Crippen molar-refractivity contribution in [3.63, 3.8) is 0 Å². The lowest BCUT2D eigenvalue weighted by atomic mass is 10.0. The average Bonchev–Trinajstić information content (AvgIpc) is 2.68. The molecule has 0 bridgehead atoms. The fourth-order valence-electron chi connectivity index (χ4n) is 2.56. The number of benzene rings is 1. The predicted octanol–water partition coefficient (Wildman–Crippen LogP) is 1.37. The summed E-state index contributed by atoms with van der Waals surface area (Å²) in [6, 6.07) is 10.2. The Morgan fingerprint density at radius 2 is 2.18 bits per heavy atom. The van der Waals surface area contributed by atoms with Crippen molar-refractivity contribution in [2.75, 3.05) is 13.1 Å². The van der Waals surface area contributed by atoms with Crippen LogP contribution in [-0.4, -0.2) is 36.2 Å². The molecule has 1 amide bonds. The van der Waals surface area contributed by atoms with Crippen LogP contribution in [0.5, 0.6) is 0 Å². The highest BCUT2D eigenvalue weighted by molar-refractivity contribution is 5.71. The van der Waals surface area contributed by atoms with Gasteiger partial charge in [-0.05, 0) is 18.5 Å². The lowest BCUT2D eigenvalue weighted by Crippen LogP contribution is -2.48. The quantitative estimate of drug-likeness (QED) is 0.837. The molecule has 0 saturated carbocycles. The summed E-state index contributed by atoms with van der Waals surface area (Å²) in [4.78, 5) is 13.7. The Bertz CT molecular complexity index is 407. The van der Waals surface area contributed by atoms with Gasteiger partial charge in [-0.1, -0.05) is 30.3 Å². The number of carbonyl (C=O) groups is 1. The summed E-state index contributed by atoms with van der Waals surface area (Å²) in [6.07, 6.45) is 0.821. The van der Waals surface area contributed by atoms with Gasteiger partial charge in [0.1, 0.15) is 6.10 Å². The third-order valence-electron chi connectivity index (χ3n) is 3.47. The van der Waals surface area contributed by atoms with Crippen LogP contribution in [0.1, 0.15) is 12.0 Å². The number of hydrogen-bond donors (Lipinski definition) is 1. The topological polar surface area (TPSA) is 41.6 Å². The summed E-state index contributed by atoms with van der Waals surface area (Å²) >= 11 is 0. The molecule has 1 aromatic carbocycles. The highest BCUT2D eigenvalue weighted by Gasteiger charge is 2.42. The standard InChI is InChI=1S/C13H16N2O2/c16-13-15(9-10-4-2-1-3-5-10)11-8-14-7-6-12(11)17-13/h1-5,11-12,14H,6-9H2. The highest BCUT2D eigenvalue weighted by atomic mass is 16.6. The van der Waals surface area contributed by atoms with Crippen LogP contribution in [0.3, 0.4) is 0 Å². The first-order chi connectivity index (χ1) is 8.34. The second-order valence-corrected chi connectivity index (χ2v) is 4.60. The molecule has 3 rings (SSSR count). The van der Waals surface area contributed by atoms with Gasteiger partial charge in [0.05, 0.1) is 6.04 Å².